The number of amides is 3. The molecule has 0 aromatic heterocycles. The van der Waals surface area contributed by atoms with Crippen LogP contribution in [0.2, 0.25) is 5.02 Å². The van der Waals surface area contributed by atoms with Crippen LogP contribution < -0.4 is 25.5 Å². The third-order valence-electron chi connectivity index (χ3n) is 6.43. The molecule has 3 aromatic rings. The predicted octanol–water partition coefficient (Wildman–Crippen LogP) is 4.72. The topological polar surface area (TPSA) is 135 Å². The third-order valence-corrected chi connectivity index (χ3v) is 6.76. The van der Waals surface area contributed by atoms with E-state index in [0.29, 0.717) is 5.56 Å². The summed E-state index contributed by atoms with van der Waals surface area (Å²) in [6.45, 7) is 0. The van der Waals surface area contributed by atoms with Crippen molar-refractivity contribution >= 4 is 47.2 Å². The number of esters is 1. The maximum Gasteiger partial charge on any atom is 0.345 e. The number of halogens is 1. The minimum Gasteiger partial charge on any atom is -0.493 e. The van der Waals surface area contributed by atoms with Crippen molar-refractivity contribution in [1.82, 2.24) is 10.7 Å². The Morgan fingerprint density at radius 2 is 1.59 bits per heavy atom. The number of hydrogen-bond acceptors (Lipinski definition) is 7. The number of methoxy groups -OCH3 is 1. The fourth-order valence-corrected chi connectivity index (χ4v) is 4.54. The van der Waals surface area contributed by atoms with Gasteiger partial charge >= 0.3 is 17.8 Å². The Balaban J connectivity index is 1.34. The Bertz CT molecular complexity index is 1470. The number of benzene rings is 3. The van der Waals surface area contributed by atoms with E-state index < -0.39 is 17.8 Å². The van der Waals surface area contributed by atoms with Crippen LogP contribution in [0.25, 0.3) is 0 Å². The molecule has 0 heterocycles. The van der Waals surface area contributed by atoms with Crippen LogP contribution in [0.1, 0.15) is 58.4 Å². The van der Waals surface area contributed by atoms with Crippen molar-refractivity contribution in [2.75, 3.05) is 12.4 Å². The summed E-state index contributed by atoms with van der Waals surface area (Å²) in [7, 11) is 1.41. The summed E-state index contributed by atoms with van der Waals surface area (Å²) < 4.78 is 10.7. The molecule has 3 aromatic carbocycles. The zero-order chi connectivity index (χ0) is 29.2. The molecule has 41 heavy (non-hydrogen) atoms. The van der Waals surface area contributed by atoms with Gasteiger partial charge in [0.2, 0.25) is 0 Å². The van der Waals surface area contributed by atoms with Gasteiger partial charge in [0.15, 0.2) is 11.5 Å². The molecule has 1 fully saturated rings. The number of hydrazone groups is 1. The Morgan fingerprint density at radius 3 is 2.32 bits per heavy atom. The molecule has 0 spiro atoms. The van der Waals surface area contributed by atoms with E-state index >= 15 is 0 Å². The lowest BCUT2D eigenvalue weighted by Crippen LogP contribution is -2.37. The number of carbonyl (C=O) groups excluding carboxylic acids is 4. The van der Waals surface area contributed by atoms with Gasteiger partial charge in [-0.05, 0) is 60.9 Å². The number of nitrogens with one attached hydrogen (secondary N) is 3. The molecule has 0 aliphatic heterocycles. The first kappa shape index (κ1) is 29.3. The molecule has 0 unspecified atom stereocenters. The molecule has 4 rings (SSSR count). The second-order valence-corrected chi connectivity index (χ2v) is 9.69. The van der Waals surface area contributed by atoms with E-state index in [9.17, 15) is 19.2 Å². The van der Waals surface area contributed by atoms with Crippen LogP contribution in [0, 0.1) is 0 Å². The van der Waals surface area contributed by atoms with Crippen LogP contribution >= 0.6 is 11.6 Å². The molecule has 10 nitrogen and oxygen atoms in total. The van der Waals surface area contributed by atoms with Gasteiger partial charge in [0.1, 0.15) is 0 Å². The summed E-state index contributed by atoms with van der Waals surface area (Å²) in [4.78, 5) is 50.2. The van der Waals surface area contributed by atoms with Gasteiger partial charge in [-0.15, -0.1) is 0 Å². The minimum absolute atomic E-state index is 0.0970. The van der Waals surface area contributed by atoms with Crippen LogP contribution in [0.3, 0.4) is 0 Å². The lowest BCUT2D eigenvalue weighted by Gasteiger charge is -2.23. The van der Waals surface area contributed by atoms with Gasteiger partial charge in [-0.2, -0.15) is 5.10 Å². The predicted molar refractivity (Wildman–Crippen MR) is 155 cm³/mol. The van der Waals surface area contributed by atoms with Crippen molar-refractivity contribution in [3.05, 3.63) is 88.4 Å². The number of para-hydroxylation sites is 1. The number of nitrogens with zero attached hydrogens (tertiary/aromatic N) is 1. The summed E-state index contributed by atoms with van der Waals surface area (Å²) in [5, 5.41) is 9.56. The van der Waals surface area contributed by atoms with Gasteiger partial charge in [0, 0.05) is 6.04 Å². The van der Waals surface area contributed by atoms with Crippen molar-refractivity contribution in [2.24, 2.45) is 5.10 Å². The summed E-state index contributed by atoms with van der Waals surface area (Å²) >= 11 is 6.06. The number of carbonyl (C=O) groups is 4. The highest BCUT2D eigenvalue weighted by Crippen LogP contribution is 2.29. The first-order chi connectivity index (χ1) is 19.9. The average molecular weight is 577 g/mol. The summed E-state index contributed by atoms with van der Waals surface area (Å²) in [6, 6.07) is 17.7. The molecule has 212 valence electrons. The van der Waals surface area contributed by atoms with Crippen LogP contribution in [0.4, 0.5) is 5.69 Å². The first-order valence-electron chi connectivity index (χ1n) is 13.0. The number of ether oxygens (including phenoxy) is 2. The van der Waals surface area contributed by atoms with Crippen molar-refractivity contribution in [1.29, 1.82) is 0 Å². The molecule has 0 atom stereocenters. The van der Waals surface area contributed by atoms with E-state index in [0.717, 1.165) is 32.1 Å². The van der Waals surface area contributed by atoms with E-state index in [4.69, 9.17) is 21.1 Å². The van der Waals surface area contributed by atoms with Crippen LogP contribution in [-0.4, -0.2) is 43.1 Å². The highest BCUT2D eigenvalue weighted by molar-refractivity contribution is 6.40. The third kappa shape index (κ3) is 7.92. The van der Waals surface area contributed by atoms with Crippen molar-refractivity contribution in [3.8, 4) is 11.5 Å². The van der Waals surface area contributed by atoms with E-state index in [1.165, 1.54) is 25.5 Å². The second kappa shape index (κ2) is 14.1. The Labute approximate surface area is 242 Å². The Morgan fingerprint density at radius 1 is 0.878 bits per heavy atom. The maximum absolute atomic E-state index is 12.8. The van der Waals surface area contributed by atoms with E-state index in [1.54, 1.807) is 54.6 Å². The zero-order valence-electron chi connectivity index (χ0n) is 22.3. The largest absolute Gasteiger partial charge is 0.493 e. The van der Waals surface area contributed by atoms with Crippen molar-refractivity contribution in [3.63, 3.8) is 0 Å². The second-order valence-electron chi connectivity index (χ2n) is 9.29. The first-order valence-corrected chi connectivity index (χ1v) is 13.4. The molecular formula is C30H29ClN4O6. The molecule has 3 N–H and O–H groups in total. The standard InChI is InChI=1S/C30H29ClN4O6/c1-40-26-17-19(15-16-25(26)41-30(39)21-11-5-7-13-23(21)31)18-32-35-29(38)28(37)34-24-14-8-6-12-22(24)27(36)33-20-9-3-2-4-10-20/h5-8,11-18,20H,2-4,9-10H2,1H3,(H,33,36)(H,34,37)(H,35,38)/b32-18+. The van der Waals surface area contributed by atoms with Crippen LogP contribution in [0.15, 0.2) is 71.8 Å². The SMILES string of the molecule is COc1cc(/C=N/NC(=O)C(=O)Nc2ccccc2C(=O)NC2CCCCC2)ccc1OC(=O)c1ccccc1Cl. The summed E-state index contributed by atoms with van der Waals surface area (Å²) in [5.74, 6) is -2.58. The average Bonchev–Trinajstić information content (AvgIpc) is 2.98. The lowest BCUT2D eigenvalue weighted by molar-refractivity contribution is -0.136. The fourth-order valence-electron chi connectivity index (χ4n) is 4.33. The van der Waals surface area contributed by atoms with Gasteiger partial charge in [-0.1, -0.05) is 55.1 Å². The molecule has 1 saturated carbocycles. The van der Waals surface area contributed by atoms with Crippen molar-refractivity contribution in [2.45, 2.75) is 38.1 Å². The normalized spacial score (nSPS) is 13.3. The monoisotopic (exact) mass is 576 g/mol. The summed E-state index contributed by atoms with van der Waals surface area (Å²) in [5.41, 5.74) is 3.34. The molecule has 3 amide bonds. The highest BCUT2D eigenvalue weighted by atomic mass is 35.5. The quantitative estimate of drug-likeness (QED) is 0.117. The maximum atomic E-state index is 12.8. The van der Waals surface area contributed by atoms with Gasteiger partial charge in [0.25, 0.3) is 5.91 Å². The van der Waals surface area contributed by atoms with Crippen LogP contribution in [0.5, 0.6) is 11.5 Å². The Kier molecular flexibility index (Phi) is 10.1. The van der Waals surface area contributed by atoms with Gasteiger partial charge in [-0.3, -0.25) is 14.4 Å². The molecule has 0 bridgehead atoms. The molecule has 1 aliphatic carbocycles. The number of anilines is 1. The van der Waals surface area contributed by atoms with Gasteiger partial charge in [-0.25, -0.2) is 10.2 Å². The van der Waals surface area contributed by atoms with Crippen molar-refractivity contribution < 1.29 is 28.7 Å². The smallest absolute Gasteiger partial charge is 0.345 e. The molecule has 11 heteroatoms. The summed E-state index contributed by atoms with van der Waals surface area (Å²) in [6.07, 6.45) is 6.43. The molecule has 0 radical (unpaired) electrons. The Hall–Kier alpha value is -4.70. The van der Waals surface area contributed by atoms with Gasteiger partial charge in [0.05, 0.1) is 35.2 Å². The van der Waals surface area contributed by atoms with E-state index in [2.05, 4.69) is 21.2 Å². The molecule has 0 saturated heterocycles. The number of hydrogen-bond donors (Lipinski definition) is 3. The lowest BCUT2D eigenvalue weighted by atomic mass is 9.95. The highest BCUT2D eigenvalue weighted by Gasteiger charge is 2.21. The minimum atomic E-state index is -1.03. The van der Waals surface area contributed by atoms with E-state index in [1.807, 2.05) is 0 Å². The van der Waals surface area contributed by atoms with Crippen LogP contribution in [-0.2, 0) is 9.59 Å². The molecule has 1 aliphatic rings. The zero-order valence-corrected chi connectivity index (χ0v) is 23.1. The number of rotatable bonds is 8. The van der Waals surface area contributed by atoms with Gasteiger partial charge < -0.3 is 20.1 Å². The fraction of sp³-hybridized carbons (Fsp3) is 0.233. The molecular weight excluding hydrogens is 548 g/mol. The van der Waals surface area contributed by atoms with E-state index in [-0.39, 0.29) is 45.3 Å².